The highest BCUT2D eigenvalue weighted by atomic mass is 15.2. The third-order valence-electron chi connectivity index (χ3n) is 6.45. The van der Waals surface area contributed by atoms with Gasteiger partial charge in [0.2, 0.25) is 0 Å². The highest BCUT2D eigenvalue weighted by molar-refractivity contribution is 6.19. The molecule has 0 fully saturated rings. The van der Waals surface area contributed by atoms with E-state index in [0.29, 0.717) is 5.92 Å². The van der Waals surface area contributed by atoms with Gasteiger partial charge in [-0.2, -0.15) is 8.80 Å². The van der Waals surface area contributed by atoms with Crippen molar-refractivity contribution in [2.24, 2.45) is 0 Å². The molecule has 0 aliphatic carbocycles. The number of nitrogens with zero attached hydrogens (tertiary/aromatic N) is 2. The summed E-state index contributed by atoms with van der Waals surface area (Å²) in [6.07, 6.45) is 0. The second kappa shape index (κ2) is 5.06. The van der Waals surface area contributed by atoms with Crippen molar-refractivity contribution in [1.29, 1.82) is 0 Å². The SMILES string of the molecule is CC(C)c1c2ccccc2cc2c1c1cccc3c1n2c1[nH]c2ccccc2[n+]31. The van der Waals surface area contributed by atoms with Crippen molar-refractivity contribution in [1.82, 2.24) is 9.38 Å². The molecule has 3 nitrogen and oxygen atoms in total. The van der Waals surface area contributed by atoms with E-state index in [1.165, 1.54) is 49.2 Å². The Morgan fingerprint density at radius 2 is 1.59 bits per heavy atom. The number of aromatic nitrogens is 3. The third kappa shape index (κ3) is 1.72. The number of hydrogen-bond acceptors (Lipinski definition) is 0. The zero-order valence-electron chi connectivity index (χ0n) is 16.4. The van der Waals surface area contributed by atoms with E-state index in [1.807, 2.05) is 0 Å². The van der Waals surface area contributed by atoms with Crippen LogP contribution in [0.4, 0.5) is 0 Å². The van der Waals surface area contributed by atoms with Crippen LogP contribution in [0.25, 0.3) is 54.9 Å². The molecule has 0 unspecified atom stereocenters. The van der Waals surface area contributed by atoms with E-state index in [1.54, 1.807) is 0 Å². The molecular formula is C26H20N3+. The number of rotatable bonds is 1. The minimum Gasteiger partial charge on any atom is -0.240 e. The number of aromatic amines is 1. The van der Waals surface area contributed by atoms with Crippen LogP contribution in [-0.2, 0) is 0 Å². The van der Waals surface area contributed by atoms with Gasteiger partial charge in [0.05, 0.1) is 0 Å². The average Bonchev–Trinajstić information content (AvgIpc) is 3.37. The van der Waals surface area contributed by atoms with E-state index in [2.05, 4.69) is 100 Å². The summed E-state index contributed by atoms with van der Waals surface area (Å²) in [6, 6.07) is 26.4. The van der Waals surface area contributed by atoms with Gasteiger partial charge in [-0.3, -0.25) is 0 Å². The van der Waals surface area contributed by atoms with Gasteiger partial charge in [0.1, 0.15) is 22.1 Å². The summed E-state index contributed by atoms with van der Waals surface area (Å²) >= 11 is 0. The van der Waals surface area contributed by atoms with Gasteiger partial charge in [-0.1, -0.05) is 62.4 Å². The maximum absolute atomic E-state index is 3.68. The first kappa shape index (κ1) is 15.3. The summed E-state index contributed by atoms with van der Waals surface area (Å²) in [5.41, 5.74) is 7.67. The first-order valence-electron chi connectivity index (χ1n) is 10.3. The molecule has 138 valence electrons. The molecule has 0 saturated carbocycles. The molecule has 4 aromatic carbocycles. The Kier molecular flexibility index (Phi) is 2.68. The Hall–Kier alpha value is -3.59. The number of H-pyrrole nitrogens is 1. The van der Waals surface area contributed by atoms with E-state index in [4.69, 9.17) is 0 Å². The topological polar surface area (TPSA) is 24.3 Å². The number of imidazole rings is 2. The lowest BCUT2D eigenvalue weighted by atomic mass is 9.91. The Morgan fingerprint density at radius 3 is 2.48 bits per heavy atom. The van der Waals surface area contributed by atoms with Crippen molar-refractivity contribution < 1.29 is 4.40 Å². The highest BCUT2D eigenvalue weighted by Gasteiger charge is 2.28. The van der Waals surface area contributed by atoms with E-state index < -0.39 is 0 Å². The van der Waals surface area contributed by atoms with Crippen LogP contribution >= 0.6 is 0 Å². The molecule has 0 bridgehead atoms. The van der Waals surface area contributed by atoms with E-state index in [0.717, 1.165) is 11.3 Å². The Morgan fingerprint density at radius 1 is 0.828 bits per heavy atom. The molecule has 0 amide bonds. The molecular weight excluding hydrogens is 354 g/mol. The van der Waals surface area contributed by atoms with E-state index >= 15 is 0 Å². The van der Waals surface area contributed by atoms with Crippen molar-refractivity contribution in [3.8, 4) is 0 Å². The smallest absolute Gasteiger partial charge is 0.240 e. The van der Waals surface area contributed by atoms with Crippen LogP contribution in [0.1, 0.15) is 25.3 Å². The van der Waals surface area contributed by atoms with E-state index in [-0.39, 0.29) is 0 Å². The van der Waals surface area contributed by atoms with Crippen LogP contribution in [-0.4, -0.2) is 9.38 Å². The molecule has 3 aromatic heterocycles. The predicted octanol–water partition coefficient (Wildman–Crippen LogP) is 6.18. The van der Waals surface area contributed by atoms with Crippen molar-refractivity contribution >= 4 is 54.9 Å². The fraction of sp³-hybridized carbons (Fsp3) is 0.115. The van der Waals surface area contributed by atoms with Crippen molar-refractivity contribution in [2.45, 2.75) is 19.8 Å². The summed E-state index contributed by atoms with van der Waals surface area (Å²) < 4.78 is 4.79. The summed E-state index contributed by atoms with van der Waals surface area (Å²) in [7, 11) is 0. The first-order chi connectivity index (χ1) is 14.2. The lowest BCUT2D eigenvalue weighted by Gasteiger charge is -2.12. The lowest BCUT2D eigenvalue weighted by molar-refractivity contribution is -0.449. The Bertz CT molecular complexity index is 1730. The standard InChI is InChI=1S/C26H19N3/c1-15(2)23-17-9-4-3-8-16(17)14-22-24(23)18-10-7-13-21-25(18)29(22)26-27-19-11-5-6-12-20(19)28(21)26/h3-15H,1-2H3/p+1. The third-order valence-corrected chi connectivity index (χ3v) is 6.45. The molecule has 0 radical (unpaired) electrons. The van der Waals surface area contributed by atoms with Gasteiger partial charge < -0.3 is 0 Å². The number of para-hydroxylation sites is 3. The minimum atomic E-state index is 0.445. The maximum Gasteiger partial charge on any atom is 0.373 e. The summed E-state index contributed by atoms with van der Waals surface area (Å²) in [5, 5.41) is 5.40. The number of hydrogen-bond donors (Lipinski definition) is 1. The molecule has 0 spiro atoms. The lowest BCUT2D eigenvalue weighted by Crippen LogP contribution is -2.17. The minimum absolute atomic E-state index is 0.445. The van der Waals surface area contributed by atoms with Crippen molar-refractivity contribution in [2.75, 3.05) is 0 Å². The largest absolute Gasteiger partial charge is 0.373 e. The molecule has 3 heterocycles. The second-order valence-electron chi connectivity index (χ2n) is 8.37. The zero-order chi connectivity index (χ0) is 19.3. The van der Waals surface area contributed by atoms with Gasteiger partial charge in [-0.05, 0) is 46.5 Å². The molecule has 0 atom stereocenters. The normalized spacial score (nSPS) is 12.8. The van der Waals surface area contributed by atoms with Crippen LogP contribution in [0.2, 0.25) is 0 Å². The summed E-state index contributed by atoms with van der Waals surface area (Å²) in [6.45, 7) is 4.62. The fourth-order valence-electron chi connectivity index (χ4n) is 5.37. The average molecular weight is 374 g/mol. The molecule has 29 heavy (non-hydrogen) atoms. The Labute approximate surface area is 167 Å². The van der Waals surface area contributed by atoms with Gasteiger partial charge in [0.15, 0.2) is 5.52 Å². The molecule has 3 heteroatoms. The molecule has 7 rings (SSSR count). The molecule has 0 aliphatic rings. The van der Waals surface area contributed by atoms with Gasteiger partial charge >= 0.3 is 5.78 Å². The maximum atomic E-state index is 3.68. The quantitative estimate of drug-likeness (QED) is 0.332. The highest BCUT2D eigenvalue weighted by Crippen LogP contribution is 2.41. The summed E-state index contributed by atoms with van der Waals surface area (Å²) in [4.78, 5) is 3.68. The van der Waals surface area contributed by atoms with Crippen LogP contribution < -0.4 is 4.40 Å². The number of benzene rings is 4. The zero-order valence-corrected chi connectivity index (χ0v) is 16.4. The molecule has 7 aromatic rings. The number of fused-ring (bicyclic) bond motifs is 9. The fourth-order valence-corrected chi connectivity index (χ4v) is 5.37. The van der Waals surface area contributed by atoms with Gasteiger partial charge in [-0.15, -0.1) is 0 Å². The Balaban J connectivity index is 1.87. The van der Waals surface area contributed by atoms with Crippen LogP contribution in [0.3, 0.4) is 0 Å². The van der Waals surface area contributed by atoms with Crippen LogP contribution in [0.15, 0.2) is 72.8 Å². The van der Waals surface area contributed by atoms with Gasteiger partial charge in [-0.25, -0.2) is 4.98 Å². The van der Waals surface area contributed by atoms with Crippen molar-refractivity contribution in [3.05, 3.63) is 78.4 Å². The predicted molar refractivity (Wildman–Crippen MR) is 120 cm³/mol. The van der Waals surface area contributed by atoms with Crippen LogP contribution in [0.5, 0.6) is 0 Å². The molecule has 0 aliphatic heterocycles. The van der Waals surface area contributed by atoms with Crippen molar-refractivity contribution in [3.63, 3.8) is 0 Å². The molecule has 1 N–H and O–H groups in total. The van der Waals surface area contributed by atoms with Crippen LogP contribution in [0, 0.1) is 0 Å². The van der Waals surface area contributed by atoms with E-state index in [9.17, 15) is 0 Å². The first-order valence-corrected chi connectivity index (χ1v) is 10.3. The second-order valence-corrected chi connectivity index (χ2v) is 8.37. The monoisotopic (exact) mass is 374 g/mol. The van der Waals surface area contributed by atoms with Gasteiger partial charge in [0.25, 0.3) is 0 Å². The van der Waals surface area contributed by atoms with Gasteiger partial charge in [0, 0.05) is 10.8 Å². The molecule has 0 saturated heterocycles. The number of nitrogens with one attached hydrogen (secondary N) is 1. The summed E-state index contributed by atoms with van der Waals surface area (Å²) in [5.74, 6) is 1.57.